The van der Waals surface area contributed by atoms with Crippen LogP contribution in [0.15, 0.2) is 4.99 Å². The van der Waals surface area contributed by atoms with E-state index in [4.69, 9.17) is 28.0 Å². The molecule has 0 radical (unpaired) electrons. The van der Waals surface area contributed by atoms with Crippen LogP contribution >= 0.6 is 0 Å². The highest BCUT2D eigenvalue weighted by Gasteiger charge is 2.31. The van der Waals surface area contributed by atoms with Gasteiger partial charge in [-0.05, 0) is 31.6 Å². The number of carboxylic acids is 2. The molecule has 0 aliphatic heterocycles. The van der Waals surface area contributed by atoms with Gasteiger partial charge in [0.25, 0.3) is 0 Å². The maximum absolute atomic E-state index is 13.0. The molecule has 37 heavy (non-hydrogen) atoms. The predicted molar refractivity (Wildman–Crippen MR) is 131 cm³/mol. The molecule has 0 aromatic carbocycles. The van der Waals surface area contributed by atoms with Crippen LogP contribution in [0.4, 0.5) is 0 Å². The molecule has 4 amide bonds. The minimum Gasteiger partial charge on any atom is -0.481 e. The lowest BCUT2D eigenvalue weighted by Crippen LogP contribution is -2.57. The molecule has 4 atom stereocenters. The van der Waals surface area contributed by atoms with Crippen LogP contribution in [0.5, 0.6) is 0 Å². The fourth-order valence-corrected chi connectivity index (χ4v) is 3.13. The Bertz CT molecular complexity index is 859. The van der Waals surface area contributed by atoms with Gasteiger partial charge < -0.3 is 49.1 Å². The molecule has 16 nitrogen and oxygen atoms in total. The fraction of sp³-hybridized carbons (Fsp3) is 0.667. The predicted octanol–water partition coefficient (Wildman–Crippen LogP) is -3.31. The summed E-state index contributed by atoms with van der Waals surface area (Å²) in [7, 11) is 0. The first kappa shape index (κ1) is 33.0. The lowest BCUT2D eigenvalue weighted by atomic mass is 10.0. The van der Waals surface area contributed by atoms with Crippen LogP contribution in [0.1, 0.15) is 52.4 Å². The Balaban J connectivity index is 5.71. The maximum atomic E-state index is 13.0. The van der Waals surface area contributed by atoms with E-state index in [2.05, 4.69) is 20.9 Å². The Labute approximate surface area is 214 Å². The van der Waals surface area contributed by atoms with E-state index in [1.165, 1.54) is 0 Å². The van der Waals surface area contributed by atoms with Crippen LogP contribution in [-0.2, 0) is 28.8 Å². The van der Waals surface area contributed by atoms with Gasteiger partial charge in [0.15, 0.2) is 5.96 Å². The van der Waals surface area contributed by atoms with Crippen molar-refractivity contribution in [1.29, 1.82) is 0 Å². The minimum atomic E-state index is -1.42. The third-order valence-electron chi connectivity index (χ3n) is 4.94. The highest BCUT2D eigenvalue weighted by atomic mass is 16.4. The molecule has 210 valence electrons. The van der Waals surface area contributed by atoms with Crippen molar-refractivity contribution >= 4 is 41.5 Å². The number of guanidine groups is 1. The highest BCUT2D eigenvalue weighted by molar-refractivity contribution is 5.95. The number of carbonyl (C=O) groups is 6. The van der Waals surface area contributed by atoms with Crippen molar-refractivity contribution in [3.05, 3.63) is 0 Å². The number of nitrogens with one attached hydrogen (secondary N) is 3. The van der Waals surface area contributed by atoms with Gasteiger partial charge in [0.2, 0.25) is 23.6 Å². The number of rotatable bonds is 18. The molecule has 0 saturated carbocycles. The highest BCUT2D eigenvalue weighted by Crippen LogP contribution is 2.08. The van der Waals surface area contributed by atoms with Gasteiger partial charge in [0.05, 0.1) is 12.5 Å². The molecule has 0 spiro atoms. The normalized spacial score (nSPS) is 13.9. The molecule has 16 heteroatoms. The SMILES string of the molecule is CC(C)CC(NC(=O)C(CCC(=O)O)NC(=O)C(CCCN=C(N)N)NC(=O)C(N)CC(N)=O)C(=O)O. The van der Waals surface area contributed by atoms with Crippen LogP contribution in [0, 0.1) is 5.92 Å². The Morgan fingerprint density at radius 3 is 1.78 bits per heavy atom. The van der Waals surface area contributed by atoms with Crippen LogP contribution in [0.25, 0.3) is 0 Å². The van der Waals surface area contributed by atoms with Crippen LogP contribution in [0.2, 0.25) is 0 Å². The molecule has 0 aliphatic carbocycles. The van der Waals surface area contributed by atoms with E-state index in [0.717, 1.165) is 0 Å². The molecule has 4 unspecified atom stereocenters. The number of amides is 4. The average Bonchev–Trinajstić information content (AvgIpc) is 2.76. The number of carboxylic acid groups (broad SMARTS) is 2. The van der Waals surface area contributed by atoms with Gasteiger partial charge in [-0.3, -0.25) is 29.0 Å². The summed E-state index contributed by atoms with van der Waals surface area (Å²) >= 11 is 0. The molecule has 0 fully saturated rings. The summed E-state index contributed by atoms with van der Waals surface area (Å²) in [6, 6.07) is -5.30. The number of aliphatic carboxylic acids is 2. The first-order valence-corrected chi connectivity index (χ1v) is 11.6. The van der Waals surface area contributed by atoms with Gasteiger partial charge in [0, 0.05) is 13.0 Å². The molecule has 0 bridgehead atoms. The van der Waals surface area contributed by atoms with Gasteiger partial charge in [-0.2, -0.15) is 0 Å². The van der Waals surface area contributed by atoms with Crippen molar-refractivity contribution in [3.63, 3.8) is 0 Å². The summed E-state index contributed by atoms with van der Waals surface area (Å²) in [5.41, 5.74) is 21.2. The number of primary amides is 1. The largest absolute Gasteiger partial charge is 0.481 e. The van der Waals surface area contributed by atoms with Crippen LogP contribution < -0.4 is 38.9 Å². The second kappa shape index (κ2) is 16.7. The smallest absolute Gasteiger partial charge is 0.326 e. The number of hydrogen-bond donors (Lipinski definition) is 9. The van der Waals surface area contributed by atoms with E-state index in [1.54, 1.807) is 13.8 Å². The summed E-state index contributed by atoms with van der Waals surface area (Å²) in [5, 5.41) is 25.5. The number of carbonyl (C=O) groups excluding carboxylic acids is 4. The van der Waals surface area contributed by atoms with E-state index >= 15 is 0 Å². The summed E-state index contributed by atoms with van der Waals surface area (Å²) in [6.07, 6.45) is -1.05. The third-order valence-corrected chi connectivity index (χ3v) is 4.94. The molecule has 0 aromatic rings. The Kier molecular flexibility index (Phi) is 14.9. The number of nitrogens with zero attached hydrogens (tertiary/aromatic N) is 1. The van der Waals surface area contributed by atoms with Gasteiger partial charge in [0.1, 0.15) is 18.1 Å². The Morgan fingerprint density at radius 2 is 1.32 bits per heavy atom. The molecular formula is C21H38N8O8. The molecule has 0 rings (SSSR count). The molecule has 0 saturated heterocycles. The Morgan fingerprint density at radius 1 is 0.811 bits per heavy atom. The molecule has 0 aliphatic rings. The third kappa shape index (κ3) is 14.9. The lowest BCUT2D eigenvalue weighted by Gasteiger charge is -2.25. The van der Waals surface area contributed by atoms with E-state index in [0.29, 0.717) is 0 Å². The first-order valence-electron chi connectivity index (χ1n) is 11.6. The molecule has 13 N–H and O–H groups in total. The topological polar surface area (TPSA) is 295 Å². The maximum Gasteiger partial charge on any atom is 0.326 e. The van der Waals surface area contributed by atoms with Crippen molar-refractivity contribution in [2.75, 3.05) is 6.54 Å². The molecule has 0 heterocycles. The second-order valence-electron chi connectivity index (χ2n) is 8.81. The average molecular weight is 531 g/mol. The van der Waals surface area contributed by atoms with Crippen LogP contribution in [0.3, 0.4) is 0 Å². The van der Waals surface area contributed by atoms with E-state index in [-0.39, 0.29) is 44.1 Å². The van der Waals surface area contributed by atoms with Gasteiger partial charge in [-0.25, -0.2) is 4.79 Å². The van der Waals surface area contributed by atoms with Gasteiger partial charge >= 0.3 is 11.9 Å². The second-order valence-corrected chi connectivity index (χ2v) is 8.81. The Hall–Kier alpha value is -3.95. The van der Waals surface area contributed by atoms with Crippen molar-refractivity contribution in [2.24, 2.45) is 33.8 Å². The van der Waals surface area contributed by atoms with E-state index in [9.17, 15) is 33.9 Å². The van der Waals surface area contributed by atoms with Gasteiger partial charge in [-0.1, -0.05) is 13.8 Å². The first-order chi connectivity index (χ1) is 17.1. The van der Waals surface area contributed by atoms with Crippen LogP contribution in [-0.4, -0.2) is 82.5 Å². The molecule has 0 aromatic heterocycles. The number of nitrogens with two attached hydrogens (primary N) is 4. The zero-order valence-corrected chi connectivity index (χ0v) is 20.9. The van der Waals surface area contributed by atoms with Crippen molar-refractivity contribution in [1.82, 2.24) is 16.0 Å². The zero-order valence-electron chi connectivity index (χ0n) is 20.9. The summed E-state index contributed by atoms with van der Waals surface area (Å²) in [5.74, 6) is -6.28. The molecular weight excluding hydrogens is 492 g/mol. The summed E-state index contributed by atoms with van der Waals surface area (Å²) in [4.78, 5) is 75.7. The van der Waals surface area contributed by atoms with Crippen molar-refractivity contribution in [3.8, 4) is 0 Å². The lowest BCUT2D eigenvalue weighted by molar-refractivity contribution is -0.143. The van der Waals surface area contributed by atoms with E-state index in [1.807, 2.05) is 0 Å². The van der Waals surface area contributed by atoms with Crippen molar-refractivity contribution < 1.29 is 39.0 Å². The van der Waals surface area contributed by atoms with Crippen molar-refractivity contribution in [2.45, 2.75) is 76.5 Å². The summed E-state index contributed by atoms with van der Waals surface area (Å²) < 4.78 is 0. The van der Waals surface area contributed by atoms with Gasteiger partial charge in [-0.15, -0.1) is 0 Å². The number of aliphatic imine (C=N–C) groups is 1. The fourth-order valence-electron chi connectivity index (χ4n) is 3.13. The monoisotopic (exact) mass is 530 g/mol. The minimum absolute atomic E-state index is 0.0178. The quantitative estimate of drug-likeness (QED) is 0.0480. The zero-order chi connectivity index (χ0) is 28.7. The standard InChI is InChI=1S/C21H38N8O8/c1-10(2)8-14(20(36)37)29-19(35)13(5-6-16(31)32)28-18(34)12(4-3-7-26-21(24)25)27-17(33)11(22)9-15(23)30/h10-14H,3-9,22H2,1-2H3,(H2,23,30)(H,27,33)(H,28,34)(H,29,35)(H,31,32)(H,36,37)(H4,24,25,26). The summed E-state index contributed by atoms with van der Waals surface area (Å²) in [6.45, 7) is 3.61. The number of hydrogen-bond acceptors (Lipinski definition) is 8. The van der Waals surface area contributed by atoms with E-state index < -0.39 is 72.6 Å².